The Labute approximate surface area is 122 Å². The van der Waals surface area contributed by atoms with Crippen molar-refractivity contribution in [2.75, 3.05) is 11.4 Å². The average molecular weight is 283 g/mol. The van der Waals surface area contributed by atoms with Crippen molar-refractivity contribution in [3.63, 3.8) is 0 Å². The van der Waals surface area contributed by atoms with Gasteiger partial charge >= 0.3 is 0 Å². The molecule has 0 aromatic heterocycles. The molecular formula is C16H11ClN2O. The molecule has 0 radical (unpaired) electrons. The van der Waals surface area contributed by atoms with Crippen molar-refractivity contribution in [3.8, 4) is 6.07 Å². The molecule has 0 spiro atoms. The quantitative estimate of drug-likeness (QED) is 0.804. The van der Waals surface area contributed by atoms with Crippen LogP contribution >= 0.6 is 11.6 Å². The third-order valence-corrected chi connectivity index (χ3v) is 3.78. The summed E-state index contributed by atoms with van der Waals surface area (Å²) in [6.45, 7) is 0.574. The normalized spacial score (nSPS) is 13.8. The molecule has 0 unspecified atom stereocenters. The number of benzene rings is 2. The lowest BCUT2D eigenvalue weighted by Gasteiger charge is -2.29. The van der Waals surface area contributed by atoms with Crippen molar-refractivity contribution in [2.24, 2.45) is 0 Å². The number of hydrogen-bond acceptors (Lipinski definition) is 2. The minimum absolute atomic E-state index is 0.0659. The smallest absolute Gasteiger partial charge is 0.258 e. The number of nitriles is 1. The van der Waals surface area contributed by atoms with Crippen LogP contribution in [-0.2, 0) is 6.42 Å². The Morgan fingerprint density at radius 1 is 1.20 bits per heavy atom. The summed E-state index contributed by atoms with van der Waals surface area (Å²) in [5.74, 6) is -0.0659. The van der Waals surface area contributed by atoms with E-state index < -0.39 is 0 Å². The Bertz CT molecular complexity index is 733. The van der Waals surface area contributed by atoms with Gasteiger partial charge in [0.2, 0.25) is 0 Å². The minimum Gasteiger partial charge on any atom is -0.306 e. The lowest BCUT2D eigenvalue weighted by molar-refractivity contribution is 0.0980. The third kappa shape index (κ3) is 2.04. The molecule has 4 heteroatoms. The van der Waals surface area contributed by atoms with Gasteiger partial charge in [0, 0.05) is 12.1 Å². The van der Waals surface area contributed by atoms with Gasteiger partial charge in [-0.25, -0.2) is 0 Å². The highest BCUT2D eigenvalue weighted by Gasteiger charge is 2.26. The van der Waals surface area contributed by atoms with Gasteiger partial charge in [-0.3, -0.25) is 4.79 Å². The number of rotatable bonds is 1. The van der Waals surface area contributed by atoms with E-state index in [1.807, 2.05) is 24.3 Å². The molecule has 1 aliphatic rings. The fourth-order valence-corrected chi connectivity index (χ4v) is 2.66. The second kappa shape index (κ2) is 4.99. The van der Waals surface area contributed by atoms with Crippen LogP contribution in [0.5, 0.6) is 0 Å². The summed E-state index contributed by atoms with van der Waals surface area (Å²) in [6, 6.07) is 14.6. The van der Waals surface area contributed by atoms with Gasteiger partial charge in [-0.2, -0.15) is 5.26 Å². The van der Waals surface area contributed by atoms with Crippen LogP contribution in [0.15, 0.2) is 42.5 Å². The molecule has 1 aliphatic heterocycles. The molecule has 2 aromatic carbocycles. The molecular weight excluding hydrogens is 272 g/mol. The van der Waals surface area contributed by atoms with E-state index in [-0.39, 0.29) is 5.91 Å². The monoisotopic (exact) mass is 282 g/mol. The Balaban J connectivity index is 2.05. The van der Waals surface area contributed by atoms with Crippen molar-refractivity contribution in [2.45, 2.75) is 6.42 Å². The predicted molar refractivity (Wildman–Crippen MR) is 78.0 cm³/mol. The Morgan fingerprint density at radius 2 is 2.00 bits per heavy atom. The summed E-state index contributed by atoms with van der Waals surface area (Å²) in [5, 5.41) is 9.46. The molecule has 0 bridgehead atoms. The standard InChI is InChI=1S/C16H11ClN2O/c17-14-6-5-11(10-18)9-15(14)19-8-7-12-3-1-2-4-13(12)16(19)20/h1-6,9H,7-8H2. The Kier molecular flexibility index (Phi) is 3.17. The second-order valence-electron chi connectivity index (χ2n) is 4.64. The zero-order valence-electron chi connectivity index (χ0n) is 10.6. The number of halogens is 1. The Morgan fingerprint density at radius 3 is 2.80 bits per heavy atom. The van der Waals surface area contributed by atoms with Crippen molar-refractivity contribution < 1.29 is 4.79 Å². The lowest BCUT2D eigenvalue weighted by atomic mass is 9.98. The van der Waals surface area contributed by atoms with E-state index in [0.29, 0.717) is 28.4 Å². The van der Waals surface area contributed by atoms with E-state index in [9.17, 15) is 4.79 Å². The molecule has 20 heavy (non-hydrogen) atoms. The SMILES string of the molecule is N#Cc1ccc(Cl)c(N2CCc3ccccc3C2=O)c1. The van der Waals surface area contributed by atoms with Crippen molar-refractivity contribution in [1.29, 1.82) is 5.26 Å². The third-order valence-electron chi connectivity index (χ3n) is 3.46. The molecule has 0 saturated carbocycles. The highest BCUT2D eigenvalue weighted by Crippen LogP contribution is 2.31. The molecule has 0 aliphatic carbocycles. The first-order valence-electron chi connectivity index (χ1n) is 6.30. The van der Waals surface area contributed by atoms with Crippen molar-refractivity contribution >= 4 is 23.2 Å². The fourth-order valence-electron chi connectivity index (χ4n) is 2.45. The van der Waals surface area contributed by atoms with Crippen LogP contribution in [0.2, 0.25) is 5.02 Å². The number of hydrogen-bond donors (Lipinski definition) is 0. The van der Waals surface area contributed by atoms with Crippen molar-refractivity contribution in [1.82, 2.24) is 0 Å². The number of carbonyl (C=O) groups is 1. The molecule has 0 N–H and O–H groups in total. The van der Waals surface area contributed by atoms with Gasteiger partial charge in [0.05, 0.1) is 22.3 Å². The molecule has 0 saturated heterocycles. The highest BCUT2D eigenvalue weighted by atomic mass is 35.5. The van der Waals surface area contributed by atoms with E-state index in [1.54, 1.807) is 23.1 Å². The largest absolute Gasteiger partial charge is 0.306 e. The first kappa shape index (κ1) is 12.7. The number of fused-ring (bicyclic) bond motifs is 1. The van der Waals surface area contributed by atoms with Crippen LogP contribution in [0.1, 0.15) is 21.5 Å². The van der Waals surface area contributed by atoms with Crippen molar-refractivity contribution in [3.05, 3.63) is 64.2 Å². The van der Waals surface area contributed by atoms with Crippen LogP contribution in [0.4, 0.5) is 5.69 Å². The zero-order valence-corrected chi connectivity index (χ0v) is 11.4. The van der Waals surface area contributed by atoms with E-state index in [2.05, 4.69) is 6.07 Å². The molecule has 98 valence electrons. The summed E-state index contributed by atoms with van der Waals surface area (Å²) in [5.41, 5.74) is 2.86. The second-order valence-corrected chi connectivity index (χ2v) is 5.05. The summed E-state index contributed by atoms with van der Waals surface area (Å²) < 4.78 is 0. The van der Waals surface area contributed by atoms with Gasteiger partial charge < -0.3 is 4.90 Å². The molecule has 1 heterocycles. The molecule has 2 aromatic rings. The topological polar surface area (TPSA) is 44.1 Å². The summed E-state index contributed by atoms with van der Waals surface area (Å²) >= 11 is 6.18. The molecule has 1 amide bonds. The molecule has 0 atom stereocenters. The maximum atomic E-state index is 12.6. The minimum atomic E-state index is -0.0659. The van der Waals surface area contributed by atoms with E-state index in [1.165, 1.54) is 0 Å². The number of nitrogens with zero attached hydrogens (tertiary/aromatic N) is 2. The van der Waals surface area contributed by atoms with Gasteiger partial charge in [0.15, 0.2) is 0 Å². The molecule has 0 fully saturated rings. The van der Waals surface area contributed by atoms with Gasteiger partial charge in [0.1, 0.15) is 0 Å². The van der Waals surface area contributed by atoms with Gasteiger partial charge in [-0.15, -0.1) is 0 Å². The van der Waals surface area contributed by atoms with Gasteiger partial charge in [-0.1, -0.05) is 29.8 Å². The van der Waals surface area contributed by atoms with Gasteiger partial charge in [-0.05, 0) is 36.2 Å². The van der Waals surface area contributed by atoms with Gasteiger partial charge in [0.25, 0.3) is 5.91 Å². The maximum Gasteiger partial charge on any atom is 0.258 e. The maximum absolute atomic E-state index is 12.6. The number of amides is 1. The first-order valence-corrected chi connectivity index (χ1v) is 6.68. The summed E-state index contributed by atoms with van der Waals surface area (Å²) in [7, 11) is 0. The van der Waals surface area contributed by atoms with E-state index >= 15 is 0 Å². The summed E-state index contributed by atoms with van der Waals surface area (Å²) in [6.07, 6.45) is 0.787. The first-order chi connectivity index (χ1) is 9.70. The average Bonchev–Trinajstić information content (AvgIpc) is 2.49. The van der Waals surface area contributed by atoms with Crippen LogP contribution in [0.25, 0.3) is 0 Å². The van der Waals surface area contributed by atoms with E-state index in [4.69, 9.17) is 16.9 Å². The van der Waals surface area contributed by atoms with Crippen LogP contribution in [0.3, 0.4) is 0 Å². The predicted octanol–water partition coefficient (Wildman–Crippen LogP) is 3.41. The summed E-state index contributed by atoms with van der Waals surface area (Å²) in [4.78, 5) is 14.2. The number of carbonyl (C=O) groups excluding carboxylic acids is 1. The Hall–Kier alpha value is -2.31. The molecule has 3 rings (SSSR count). The van der Waals surface area contributed by atoms with E-state index in [0.717, 1.165) is 12.0 Å². The zero-order chi connectivity index (χ0) is 14.1. The van der Waals surface area contributed by atoms with Crippen LogP contribution in [0, 0.1) is 11.3 Å². The lowest BCUT2D eigenvalue weighted by Crippen LogP contribution is -2.37. The highest BCUT2D eigenvalue weighted by molar-refractivity contribution is 6.34. The molecule has 3 nitrogen and oxygen atoms in total. The number of anilines is 1. The van der Waals surface area contributed by atoms with Crippen LogP contribution in [-0.4, -0.2) is 12.5 Å². The van der Waals surface area contributed by atoms with Crippen LogP contribution < -0.4 is 4.90 Å². The fraction of sp³-hybridized carbons (Fsp3) is 0.125.